The molecule has 0 radical (unpaired) electrons. The maximum atomic E-state index is 13.5. The second-order valence-corrected chi connectivity index (χ2v) is 11.2. The van der Waals surface area contributed by atoms with Crippen molar-refractivity contribution in [3.63, 3.8) is 0 Å². The van der Waals surface area contributed by atoms with E-state index >= 15 is 0 Å². The number of carbonyl (C=O) groups is 5. The number of hydrogen-bond donors (Lipinski definition) is 3. The fourth-order valence-corrected chi connectivity index (χ4v) is 5.17. The number of nitrogens with two attached hydrogens (primary N) is 1. The fourth-order valence-electron chi connectivity index (χ4n) is 5.17. The first-order valence-electron chi connectivity index (χ1n) is 12.0. The topological polar surface area (TPSA) is 139 Å². The monoisotopic (exact) mass is 462 g/mol. The van der Waals surface area contributed by atoms with Gasteiger partial charge in [-0.1, -0.05) is 54.4 Å². The van der Waals surface area contributed by atoms with Crippen LogP contribution in [0.5, 0.6) is 0 Å². The summed E-state index contributed by atoms with van der Waals surface area (Å²) in [6, 6.07) is -2.47. The van der Waals surface area contributed by atoms with Gasteiger partial charge in [-0.05, 0) is 35.5 Å². The van der Waals surface area contributed by atoms with Crippen LogP contribution in [-0.4, -0.2) is 59.0 Å². The van der Waals surface area contributed by atoms with Gasteiger partial charge in [0.1, 0.15) is 12.1 Å². The Labute approximate surface area is 195 Å². The van der Waals surface area contributed by atoms with E-state index in [1.165, 1.54) is 0 Å². The molecule has 1 aliphatic heterocycles. The van der Waals surface area contributed by atoms with Crippen molar-refractivity contribution in [1.82, 2.24) is 15.5 Å². The lowest BCUT2D eigenvalue weighted by Crippen LogP contribution is -2.59. The summed E-state index contributed by atoms with van der Waals surface area (Å²) in [5.74, 6) is -2.82. The standard InChI is InChI=1S/C24H38N4O5/c1-11(2)17(27-21(31)12(3)4)23(33)28-10-14-16(24(14,5)6)18(28)22(32)26-15(9-13-7-8-13)19(29)20(25)30/h11-18H,7-10H2,1-6H3,(H2,25,30)(H,26,32)(H,27,31)/t14?,15?,16?,17-,18?/m0/s1. The second kappa shape index (κ2) is 9.06. The highest BCUT2D eigenvalue weighted by Gasteiger charge is 2.69. The minimum Gasteiger partial charge on any atom is -0.363 e. The molecule has 3 aliphatic rings. The van der Waals surface area contributed by atoms with Gasteiger partial charge in [-0.25, -0.2) is 0 Å². The molecule has 9 nitrogen and oxygen atoms in total. The van der Waals surface area contributed by atoms with E-state index in [9.17, 15) is 24.0 Å². The maximum absolute atomic E-state index is 13.5. The molecular formula is C24H38N4O5. The Hall–Kier alpha value is -2.45. The van der Waals surface area contributed by atoms with Crippen molar-refractivity contribution < 1.29 is 24.0 Å². The zero-order chi connectivity index (χ0) is 24.8. The number of ketones is 1. The molecule has 0 aromatic heterocycles. The molecule has 3 fully saturated rings. The fraction of sp³-hybridized carbons (Fsp3) is 0.792. The van der Waals surface area contributed by atoms with Crippen LogP contribution in [0.2, 0.25) is 0 Å². The van der Waals surface area contributed by atoms with Crippen molar-refractivity contribution in [1.29, 1.82) is 0 Å². The Kier molecular flexibility index (Phi) is 6.92. The van der Waals surface area contributed by atoms with Crippen LogP contribution < -0.4 is 16.4 Å². The number of hydrogen-bond acceptors (Lipinski definition) is 5. The number of rotatable bonds is 10. The summed E-state index contributed by atoms with van der Waals surface area (Å²) in [4.78, 5) is 64.8. The molecule has 5 atom stereocenters. The Morgan fingerprint density at radius 2 is 1.64 bits per heavy atom. The second-order valence-electron chi connectivity index (χ2n) is 11.2. The van der Waals surface area contributed by atoms with Crippen LogP contribution in [0.1, 0.15) is 60.8 Å². The van der Waals surface area contributed by atoms with Crippen molar-refractivity contribution in [2.75, 3.05) is 6.54 Å². The molecule has 0 spiro atoms. The average Bonchev–Trinajstić information content (AvgIpc) is 3.57. The Bertz CT molecular complexity index is 848. The highest BCUT2D eigenvalue weighted by molar-refractivity contribution is 6.37. The molecule has 0 bridgehead atoms. The SMILES string of the molecule is CC(C)C(=O)N[C@H](C(=O)N1CC2C(C1C(=O)NC(CC1CC1)C(=O)C(N)=O)C2(C)C)C(C)C. The summed E-state index contributed by atoms with van der Waals surface area (Å²) in [6.45, 7) is 11.8. The predicted molar refractivity (Wildman–Crippen MR) is 121 cm³/mol. The smallest absolute Gasteiger partial charge is 0.287 e. The van der Waals surface area contributed by atoms with Crippen molar-refractivity contribution in [3.8, 4) is 0 Å². The van der Waals surface area contributed by atoms with Crippen molar-refractivity contribution in [2.24, 2.45) is 40.7 Å². The first-order chi connectivity index (χ1) is 15.3. The number of piperidine rings is 1. The molecule has 4 unspecified atom stereocenters. The third kappa shape index (κ3) is 5.06. The number of Topliss-reactive ketones (excluding diaryl/α,β-unsaturated/α-hetero) is 1. The van der Waals surface area contributed by atoms with Gasteiger partial charge < -0.3 is 21.3 Å². The normalized spacial score (nSPS) is 27.0. The van der Waals surface area contributed by atoms with Gasteiger partial charge in [-0.15, -0.1) is 0 Å². The molecule has 4 amide bonds. The quantitative estimate of drug-likeness (QED) is 0.408. The molecule has 4 N–H and O–H groups in total. The molecule has 2 aliphatic carbocycles. The number of nitrogens with one attached hydrogen (secondary N) is 2. The lowest BCUT2D eigenvalue weighted by atomic mass is 9.96. The average molecular weight is 463 g/mol. The van der Waals surface area contributed by atoms with Gasteiger partial charge in [0.25, 0.3) is 5.91 Å². The van der Waals surface area contributed by atoms with Gasteiger partial charge in [0.2, 0.25) is 23.5 Å². The van der Waals surface area contributed by atoms with Crippen LogP contribution in [0.4, 0.5) is 0 Å². The number of fused-ring (bicyclic) bond motifs is 1. The maximum Gasteiger partial charge on any atom is 0.287 e. The van der Waals surface area contributed by atoms with Gasteiger partial charge in [-0.2, -0.15) is 0 Å². The molecule has 3 rings (SSSR count). The zero-order valence-corrected chi connectivity index (χ0v) is 20.5. The molecule has 1 saturated heterocycles. The number of carbonyl (C=O) groups excluding carboxylic acids is 5. The van der Waals surface area contributed by atoms with E-state index < -0.39 is 35.7 Å². The molecule has 1 heterocycles. The lowest BCUT2D eigenvalue weighted by molar-refractivity contribution is -0.145. The summed E-state index contributed by atoms with van der Waals surface area (Å²) in [5.41, 5.74) is 5.11. The Morgan fingerprint density at radius 1 is 1.03 bits per heavy atom. The van der Waals surface area contributed by atoms with E-state index in [1.54, 1.807) is 18.7 Å². The summed E-state index contributed by atoms with van der Waals surface area (Å²) < 4.78 is 0. The molecule has 0 aromatic carbocycles. The predicted octanol–water partition coefficient (Wildman–Crippen LogP) is 0.606. The van der Waals surface area contributed by atoms with Crippen LogP contribution >= 0.6 is 0 Å². The Balaban J connectivity index is 1.81. The van der Waals surface area contributed by atoms with Gasteiger partial charge >= 0.3 is 0 Å². The van der Waals surface area contributed by atoms with E-state index in [0.717, 1.165) is 12.8 Å². The number of amides is 4. The van der Waals surface area contributed by atoms with E-state index in [0.29, 0.717) is 18.9 Å². The summed E-state index contributed by atoms with van der Waals surface area (Å²) in [7, 11) is 0. The molecule has 33 heavy (non-hydrogen) atoms. The molecule has 9 heteroatoms. The number of nitrogens with zero attached hydrogens (tertiary/aromatic N) is 1. The third-order valence-electron chi connectivity index (χ3n) is 7.66. The lowest BCUT2D eigenvalue weighted by Gasteiger charge is -2.35. The zero-order valence-electron chi connectivity index (χ0n) is 20.5. The van der Waals surface area contributed by atoms with Gasteiger partial charge in [0.05, 0.1) is 6.04 Å². The van der Waals surface area contributed by atoms with Crippen LogP contribution in [0.25, 0.3) is 0 Å². The molecule has 184 valence electrons. The minimum atomic E-state index is -1.07. The highest BCUT2D eigenvalue weighted by Crippen LogP contribution is 2.65. The van der Waals surface area contributed by atoms with Crippen molar-refractivity contribution in [2.45, 2.75) is 78.9 Å². The highest BCUT2D eigenvalue weighted by atomic mass is 16.2. The molecular weight excluding hydrogens is 424 g/mol. The Morgan fingerprint density at radius 3 is 2.12 bits per heavy atom. The summed E-state index contributed by atoms with van der Waals surface area (Å²) in [5, 5.41) is 5.58. The number of likely N-dealkylation sites (tertiary alicyclic amines) is 1. The van der Waals surface area contributed by atoms with Crippen LogP contribution in [0.15, 0.2) is 0 Å². The van der Waals surface area contributed by atoms with Gasteiger partial charge in [0.15, 0.2) is 0 Å². The van der Waals surface area contributed by atoms with E-state index in [1.807, 2.05) is 13.8 Å². The van der Waals surface area contributed by atoms with E-state index in [4.69, 9.17) is 5.73 Å². The minimum absolute atomic E-state index is 0.0414. The van der Waals surface area contributed by atoms with Crippen molar-refractivity contribution >= 4 is 29.4 Å². The first-order valence-corrected chi connectivity index (χ1v) is 12.0. The van der Waals surface area contributed by atoms with Gasteiger partial charge in [0, 0.05) is 12.5 Å². The van der Waals surface area contributed by atoms with Gasteiger partial charge in [-0.3, -0.25) is 24.0 Å². The molecule has 0 aromatic rings. The largest absolute Gasteiger partial charge is 0.363 e. The van der Waals surface area contributed by atoms with E-state index in [-0.39, 0.29) is 40.9 Å². The van der Waals surface area contributed by atoms with Crippen molar-refractivity contribution in [3.05, 3.63) is 0 Å². The third-order valence-corrected chi connectivity index (χ3v) is 7.66. The van der Waals surface area contributed by atoms with Crippen LogP contribution in [0.3, 0.4) is 0 Å². The number of primary amides is 1. The first kappa shape index (κ1) is 25.2. The van der Waals surface area contributed by atoms with Crippen LogP contribution in [0, 0.1) is 35.0 Å². The summed E-state index contributed by atoms with van der Waals surface area (Å²) >= 11 is 0. The van der Waals surface area contributed by atoms with Crippen LogP contribution in [-0.2, 0) is 24.0 Å². The molecule has 2 saturated carbocycles. The van der Waals surface area contributed by atoms with E-state index in [2.05, 4.69) is 24.5 Å². The summed E-state index contributed by atoms with van der Waals surface area (Å²) in [6.07, 6.45) is 2.29.